The molecule has 0 aliphatic rings. The first kappa shape index (κ1) is 23.5. The normalized spacial score (nSPS) is 12.8. The minimum atomic E-state index is -4.37. The van der Waals surface area contributed by atoms with Crippen LogP contribution in [-0.2, 0) is 38.2 Å². The van der Waals surface area contributed by atoms with Gasteiger partial charge >= 0.3 is 32.2 Å². The number of hydrogen-bond acceptors (Lipinski definition) is 9. The van der Waals surface area contributed by atoms with Crippen LogP contribution in [0.15, 0.2) is 58.3 Å². The van der Waals surface area contributed by atoms with Gasteiger partial charge in [-0.3, -0.25) is 4.79 Å². The average molecular weight is 456 g/mol. The molecule has 0 spiro atoms. The molecule has 0 aliphatic heterocycles. The highest BCUT2D eigenvalue weighted by Crippen LogP contribution is 2.16. The molecule has 9 nitrogen and oxygen atoms in total. The summed E-state index contributed by atoms with van der Waals surface area (Å²) in [5, 5.41) is 0. The quantitative estimate of drug-likeness (QED) is 0.586. The Morgan fingerprint density at radius 2 is 1.20 bits per heavy atom. The molecule has 2 rings (SSSR count). The SMILES string of the molecule is Cc1ccc(S(=O)(=O)OC(=O)CC[C@H](N)C(=O)OS(=O)(=O)c2ccc(C)cc2)cc1. The Balaban J connectivity index is 1.91. The molecule has 0 saturated carbocycles. The molecule has 11 heteroatoms. The third kappa shape index (κ3) is 6.37. The van der Waals surface area contributed by atoms with Gasteiger partial charge in [0.1, 0.15) is 15.8 Å². The van der Waals surface area contributed by atoms with E-state index in [1.54, 1.807) is 26.0 Å². The topological polar surface area (TPSA) is 147 Å². The van der Waals surface area contributed by atoms with Crippen molar-refractivity contribution in [2.45, 2.75) is 42.5 Å². The highest BCUT2D eigenvalue weighted by atomic mass is 32.2. The minimum Gasteiger partial charge on any atom is -0.342 e. The van der Waals surface area contributed by atoms with Crippen LogP contribution in [0.2, 0.25) is 0 Å². The van der Waals surface area contributed by atoms with Crippen LogP contribution >= 0.6 is 0 Å². The molecule has 162 valence electrons. The third-order valence-corrected chi connectivity index (χ3v) is 6.46. The van der Waals surface area contributed by atoms with E-state index in [0.717, 1.165) is 11.1 Å². The van der Waals surface area contributed by atoms with Gasteiger partial charge < -0.3 is 14.1 Å². The van der Waals surface area contributed by atoms with Crippen molar-refractivity contribution in [3.63, 3.8) is 0 Å². The molecular formula is C19H21NO8S2. The fraction of sp³-hybridized carbons (Fsp3) is 0.263. The molecule has 0 amide bonds. The van der Waals surface area contributed by atoms with Crippen LogP contribution in [0.4, 0.5) is 0 Å². The van der Waals surface area contributed by atoms with Gasteiger partial charge in [-0.15, -0.1) is 0 Å². The van der Waals surface area contributed by atoms with Gasteiger partial charge in [0.25, 0.3) is 0 Å². The maximum Gasteiger partial charge on any atom is 0.341 e. The largest absolute Gasteiger partial charge is 0.342 e. The number of carbonyl (C=O) groups excluding carboxylic acids is 2. The van der Waals surface area contributed by atoms with Gasteiger partial charge in [0.2, 0.25) is 0 Å². The molecule has 1 atom stereocenters. The number of hydrogen-bond donors (Lipinski definition) is 1. The molecule has 0 fully saturated rings. The first-order valence-electron chi connectivity index (χ1n) is 8.75. The van der Waals surface area contributed by atoms with Crippen molar-refractivity contribution in [2.24, 2.45) is 5.73 Å². The Labute approximate surface area is 175 Å². The molecule has 0 aliphatic carbocycles. The van der Waals surface area contributed by atoms with E-state index in [-0.39, 0.29) is 16.2 Å². The van der Waals surface area contributed by atoms with E-state index in [0.29, 0.717) is 0 Å². The fourth-order valence-corrected chi connectivity index (χ4v) is 4.03. The van der Waals surface area contributed by atoms with Crippen molar-refractivity contribution in [3.05, 3.63) is 59.7 Å². The average Bonchev–Trinajstić information content (AvgIpc) is 2.66. The van der Waals surface area contributed by atoms with Crippen molar-refractivity contribution in [2.75, 3.05) is 0 Å². The summed E-state index contributed by atoms with van der Waals surface area (Å²) in [6.45, 7) is 3.53. The van der Waals surface area contributed by atoms with Gasteiger partial charge in [0.15, 0.2) is 0 Å². The Morgan fingerprint density at radius 3 is 1.63 bits per heavy atom. The molecule has 2 aromatic carbocycles. The Morgan fingerprint density at radius 1 is 0.800 bits per heavy atom. The van der Waals surface area contributed by atoms with Crippen LogP contribution in [0.25, 0.3) is 0 Å². The van der Waals surface area contributed by atoms with Crippen LogP contribution in [0.1, 0.15) is 24.0 Å². The second-order valence-electron chi connectivity index (χ2n) is 6.54. The molecular weight excluding hydrogens is 434 g/mol. The van der Waals surface area contributed by atoms with Gasteiger partial charge in [-0.2, -0.15) is 16.8 Å². The van der Waals surface area contributed by atoms with Crippen molar-refractivity contribution in [3.8, 4) is 0 Å². The molecule has 30 heavy (non-hydrogen) atoms. The number of aryl methyl sites for hydroxylation is 2. The lowest BCUT2D eigenvalue weighted by molar-refractivity contribution is -0.136. The van der Waals surface area contributed by atoms with E-state index in [9.17, 15) is 26.4 Å². The summed E-state index contributed by atoms with van der Waals surface area (Å²) in [6, 6.07) is 9.81. The monoisotopic (exact) mass is 455 g/mol. The zero-order chi connectivity index (χ0) is 22.5. The van der Waals surface area contributed by atoms with Crippen molar-refractivity contribution >= 4 is 32.2 Å². The lowest BCUT2D eigenvalue weighted by atomic mass is 10.2. The third-order valence-electron chi connectivity index (χ3n) is 3.98. The Hall–Kier alpha value is -2.76. The Kier molecular flexibility index (Phi) is 7.34. The standard InChI is InChI=1S/C19H21NO8S2/c1-13-3-7-15(8-4-13)29(23,24)27-18(21)12-11-17(20)19(22)28-30(25,26)16-9-5-14(2)6-10-16/h3-10,17H,11-12,20H2,1-2H3/t17-/m0/s1. The van der Waals surface area contributed by atoms with Crippen LogP contribution in [0, 0.1) is 13.8 Å². The number of rotatable bonds is 8. The fourth-order valence-electron chi connectivity index (χ4n) is 2.23. The molecule has 0 unspecified atom stereocenters. The summed E-state index contributed by atoms with van der Waals surface area (Å²) < 4.78 is 57.3. The van der Waals surface area contributed by atoms with E-state index >= 15 is 0 Å². The van der Waals surface area contributed by atoms with Gasteiger partial charge in [-0.1, -0.05) is 35.4 Å². The predicted molar refractivity (Wildman–Crippen MR) is 106 cm³/mol. The summed E-state index contributed by atoms with van der Waals surface area (Å²) in [4.78, 5) is 23.4. The summed E-state index contributed by atoms with van der Waals surface area (Å²) in [5.41, 5.74) is 7.21. The van der Waals surface area contributed by atoms with Crippen molar-refractivity contribution < 1.29 is 34.8 Å². The maximum absolute atomic E-state index is 12.1. The van der Waals surface area contributed by atoms with Crippen LogP contribution in [-0.4, -0.2) is 34.8 Å². The second-order valence-corrected chi connectivity index (χ2v) is 9.63. The maximum atomic E-state index is 12.1. The number of benzene rings is 2. The second kappa shape index (κ2) is 9.37. The van der Waals surface area contributed by atoms with Gasteiger partial charge in [0, 0.05) is 6.42 Å². The number of nitrogens with two attached hydrogens (primary N) is 1. The van der Waals surface area contributed by atoms with Crippen molar-refractivity contribution in [1.82, 2.24) is 0 Å². The zero-order valence-corrected chi connectivity index (χ0v) is 17.9. The lowest BCUT2D eigenvalue weighted by Gasteiger charge is -2.11. The van der Waals surface area contributed by atoms with Gasteiger partial charge in [-0.25, -0.2) is 4.79 Å². The van der Waals surface area contributed by atoms with E-state index in [2.05, 4.69) is 8.37 Å². The predicted octanol–water partition coefficient (Wildman–Crippen LogP) is 1.57. The molecule has 0 aromatic heterocycles. The van der Waals surface area contributed by atoms with E-state index in [1.807, 2.05) is 0 Å². The Bertz CT molecular complexity index is 1120. The summed E-state index contributed by atoms with van der Waals surface area (Å²) >= 11 is 0. The first-order valence-corrected chi connectivity index (χ1v) is 11.6. The smallest absolute Gasteiger partial charge is 0.341 e. The highest BCUT2D eigenvalue weighted by molar-refractivity contribution is 7.87. The molecule has 0 bridgehead atoms. The van der Waals surface area contributed by atoms with Gasteiger partial charge in [-0.05, 0) is 44.5 Å². The molecule has 2 aromatic rings. The zero-order valence-electron chi connectivity index (χ0n) is 16.3. The van der Waals surface area contributed by atoms with E-state index < -0.39 is 44.6 Å². The van der Waals surface area contributed by atoms with Gasteiger partial charge in [0.05, 0.1) is 0 Å². The van der Waals surface area contributed by atoms with Crippen molar-refractivity contribution in [1.29, 1.82) is 0 Å². The van der Waals surface area contributed by atoms with Crippen LogP contribution < -0.4 is 5.73 Å². The lowest BCUT2D eigenvalue weighted by Crippen LogP contribution is -2.34. The first-order chi connectivity index (χ1) is 13.9. The molecule has 0 radical (unpaired) electrons. The minimum absolute atomic E-state index is 0.200. The summed E-state index contributed by atoms with van der Waals surface area (Å²) in [6.07, 6.45) is -0.906. The van der Waals surface area contributed by atoms with Crippen LogP contribution in [0.3, 0.4) is 0 Å². The summed E-state index contributed by atoms with van der Waals surface area (Å²) in [7, 11) is -8.69. The molecule has 0 saturated heterocycles. The van der Waals surface area contributed by atoms with E-state index in [4.69, 9.17) is 5.73 Å². The molecule has 0 heterocycles. The summed E-state index contributed by atoms with van der Waals surface area (Å²) in [5.74, 6) is -2.41. The van der Waals surface area contributed by atoms with E-state index in [1.165, 1.54) is 36.4 Å². The van der Waals surface area contributed by atoms with Crippen LogP contribution in [0.5, 0.6) is 0 Å². The highest BCUT2D eigenvalue weighted by Gasteiger charge is 2.26. The molecule has 2 N–H and O–H groups in total. The number of carbonyl (C=O) groups is 2.